The molecule has 65 heavy (non-hydrogen) atoms. The zero-order chi connectivity index (χ0) is 47.4. The smallest absolute Gasteiger partial charge is 0.306 e. The zero-order valence-corrected chi connectivity index (χ0v) is 42.6. The van der Waals surface area contributed by atoms with Gasteiger partial charge in [0.2, 0.25) is 5.91 Å². The van der Waals surface area contributed by atoms with Crippen LogP contribution in [-0.2, 0) is 14.3 Å². The predicted octanol–water partition coefficient (Wildman–Crippen LogP) is 16.7. The van der Waals surface area contributed by atoms with Gasteiger partial charge in [-0.3, -0.25) is 9.59 Å². The van der Waals surface area contributed by atoms with Crippen LogP contribution in [0.2, 0.25) is 0 Å². The molecule has 0 aromatic rings. The van der Waals surface area contributed by atoms with Crippen LogP contribution in [0.15, 0.2) is 85.1 Å². The van der Waals surface area contributed by atoms with Gasteiger partial charge in [0.1, 0.15) is 6.10 Å². The number of unbranched alkanes of at least 4 members (excludes halogenated alkanes) is 25. The molecule has 0 aromatic carbocycles. The summed E-state index contributed by atoms with van der Waals surface area (Å²) in [4.78, 5) is 26.2. The first-order chi connectivity index (χ1) is 32.0. The van der Waals surface area contributed by atoms with Gasteiger partial charge in [0.15, 0.2) is 0 Å². The van der Waals surface area contributed by atoms with Crippen LogP contribution in [0.1, 0.15) is 252 Å². The Kier molecular flexibility index (Phi) is 49.6. The van der Waals surface area contributed by atoms with Crippen LogP contribution in [0.5, 0.6) is 0 Å². The lowest BCUT2D eigenvalue weighted by Crippen LogP contribution is -2.46. The molecule has 0 bridgehead atoms. The van der Waals surface area contributed by atoms with Gasteiger partial charge in [0, 0.05) is 12.8 Å². The predicted molar refractivity (Wildman–Crippen MR) is 282 cm³/mol. The van der Waals surface area contributed by atoms with E-state index in [4.69, 9.17) is 4.74 Å². The fourth-order valence-corrected chi connectivity index (χ4v) is 7.82. The van der Waals surface area contributed by atoms with Crippen molar-refractivity contribution in [3.8, 4) is 0 Å². The van der Waals surface area contributed by atoms with Crippen molar-refractivity contribution in [2.24, 2.45) is 0 Å². The van der Waals surface area contributed by atoms with E-state index in [2.05, 4.69) is 99.0 Å². The third kappa shape index (κ3) is 47.3. The fraction of sp³-hybridized carbons (Fsp3) is 0.729. The van der Waals surface area contributed by atoms with Crippen LogP contribution >= 0.6 is 0 Å². The molecule has 6 nitrogen and oxygen atoms in total. The van der Waals surface area contributed by atoms with E-state index >= 15 is 0 Å². The summed E-state index contributed by atoms with van der Waals surface area (Å²) in [6.07, 6.45) is 68.0. The fourth-order valence-electron chi connectivity index (χ4n) is 7.82. The van der Waals surface area contributed by atoms with Crippen molar-refractivity contribution < 1.29 is 24.5 Å². The highest BCUT2D eigenvalue weighted by Crippen LogP contribution is 2.16. The first kappa shape index (κ1) is 62.0. The molecule has 0 aliphatic carbocycles. The quantitative estimate of drug-likeness (QED) is 0.0245. The highest BCUT2D eigenvalue weighted by molar-refractivity contribution is 5.77. The molecule has 1 amide bonds. The molecule has 0 aromatic heterocycles. The molecule has 6 heteroatoms. The molecule has 0 rings (SSSR count). The molecule has 3 N–H and O–H groups in total. The zero-order valence-electron chi connectivity index (χ0n) is 42.6. The molecule has 0 fully saturated rings. The molecule has 3 atom stereocenters. The summed E-state index contributed by atoms with van der Waals surface area (Å²) in [6.45, 7) is 6.41. The van der Waals surface area contributed by atoms with Gasteiger partial charge >= 0.3 is 5.97 Å². The number of hydrogen-bond acceptors (Lipinski definition) is 5. The number of carbonyl (C=O) groups excluding carboxylic acids is 2. The van der Waals surface area contributed by atoms with Crippen LogP contribution in [0, 0.1) is 0 Å². The number of rotatable bonds is 48. The third-order valence-corrected chi connectivity index (χ3v) is 12.0. The lowest BCUT2D eigenvalue weighted by atomic mass is 10.0. The van der Waals surface area contributed by atoms with E-state index in [1.807, 2.05) is 12.2 Å². The Morgan fingerprint density at radius 2 is 0.877 bits per heavy atom. The summed E-state index contributed by atoms with van der Waals surface area (Å²) in [7, 11) is 0. The summed E-state index contributed by atoms with van der Waals surface area (Å²) in [5.74, 6) is -0.601. The average Bonchev–Trinajstić information content (AvgIpc) is 3.30. The summed E-state index contributed by atoms with van der Waals surface area (Å²) in [5.41, 5.74) is 0. The SMILES string of the molecule is CCCCC/C=C\C/C=C\C/C=C\C/C=C\CC(CC(=O)NC(CO)C(O)CCCCCCCCCCCCCCC)OC(=O)CCCCCCC/C=C/C=C/C=C/CCCCCCC. The normalized spacial score (nSPS) is 13.9. The first-order valence-corrected chi connectivity index (χ1v) is 27.3. The van der Waals surface area contributed by atoms with Crippen LogP contribution in [-0.4, -0.2) is 46.9 Å². The average molecular weight is 906 g/mol. The molecule has 0 saturated heterocycles. The topological polar surface area (TPSA) is 95.9 Å². The van der Waals surface area contributed by atoms with E-state index in [0.29, 0.717) is 19.3 Å². The van der Waals surface area contributed by atoms with Crippen molar-refractivity contribution in [3.63, 3.8) is 0 Å². The Bertz CT molecular complexity index is 1250. The van der Waals surface area contributed by atoms with Crippen LogP contribution < -0.4 is 5.32 Å². The second-order valence-electron chi connectivity index (χ2n) is 18.3. The lowest BCUT2D eigenvalue weighted by Gasteiger charge is -2.24. The standard InChI is InChI=1S/C59H103NO5/c1-4-7-10-13-16-19-22-25-27-28-29-31-34-37-40-43-46-49-52-59(64)65-55(50-47-44-41-38-35-33-30-26-23-20-17-14-11-8-5-2)53-58(63)60-56(54-61)57(62)51-48-45-42-39-36-32-24-21-18-15-12-9-6-3/h17,20,22,25-31,35,38,44,47,55-57,61-62H,4-16,18-19,21,23-24,32-34,36-37,39-43,45-46,48-54H2,1-3H3,(H,60,63)/b20-17-,25-22+,28-27+,30-26-,31-29+,38-35-,47-44-. The van der Waals surface area contributed by atoms with Gasteiger partial charge in [-0.1, -0.05) is 247 Å². The highest BCUT2D eigenvalue weighted by Gasteiger charge is 2.23. The van der Waals surface area contributed by atoms with Crippen molar-refractivity contribution in [2.75, 3.05) is 6.61 Å². The third-order valence-electron chi connectivity index (χ3n) is 12.0. The van der Waals surface area contributed by atoms with E-state index in [1.54, 1.807) is 0 Å². The Morgan fingerprint density at radius 3 is 1.38 bits per heavy atom. The molecule has 3 unspecified atom stereocenters. The van der Waals surface area contributed by atoms with Crippen LogP contribution in [0.25, 0.3) is 0 Å². The molecule has 0 saturated carbocycles. The Labute approximate surface area is 402 Å². The minimum absolute atomic E-state index is 0.0101. The highest BCUT2D eigenvalue weighted by atomic mass is 16.5. The van der Waals surface area contributed by atoms with E-state index < -0.39 is 18.2 Å². The maximum Gasteiger partial charge on any atom is 0.306 e. The molecular formula is C59H103NO5. The number of aliphatic hydroxyl groups is 2. The minimum Gasteiger partial charge on any atom is -0.461 e. The number of aliphatic hydroxyl groups excluding tert-OH is 2. The Morgan fingerprint density at radius 1 is 0.477 bits per heavy atom. The molecule has 0 heterocycles. The second-order valence-corrected chi connectivity index (χ2v) is 18.3. The summed E-state index contributed by atoms with van der Waals surface area (Å²) >= 11 is 0. The van der Waals surface area contributed by atoms with Crippen molar-refractivity contribution in [3.05, 3.63) is 85.1 Å². The summed E-state index contributed by atoms with van der Waals surface area (Å²) < 4.78 is 5.87. The summed E-state index contributed by atoms with van der Waals surface area (Å²) in [6, 6.07) is -0.739. The van der Waals surface area contributed by atoms with Crippen molar-refractivity contribution >= 4 is 11.9 Å². The Hall–Kier alpha value is -2.96. The van der Waals surface area contributed by atoms with E-state index in [9.17, 15) is 19.8 Å². The number of carbonyl (C=O) groups is 2. The van der Waals surface area contributed by atoms with Crippen molar-refractivity contribution in [1.82, 2.24) is 5.32 Å². The van der Waals surface area contributed by atoms with Crippen molar-refractivity contribution in [2.45, 2.75) is 270 Å². The molecule has 0 aliphatic rings. The maximum atomic E-state index is 13.2. The molecule has 0 spiro atoms. The number of nitrogens with one attached hydrogen (secondary N) is 1. The van der Waals surface area contributed by atoms with Crippen LogP contribution in [0.4, 0.5) is 0 Å². The monoisotopic (exact) mass is 906 g/mol. The largest absolute Gasteiger partial charge is 0.461 e. The van der Waals surface area contributed by atoms with E-state index in [0.717, 1.165) is 83.5 Å². The summed E-state index contributed by atoms with van der Waals surface area (Å²) in [5, 5.41) is 23.8. The number of allylic oxidation sites excluding steroid dienone is 13. The molecular weight excluding hydrogens is 803 g/mol. The number of esters is 1. The maximum absolute atomic E-state index is 13.2. The molecule has 0 aliphatic heterocycles. The van der Waals surface area contributed by atoms with Gasteiger partial charge in [-0.05, 0) is 70.6 Å². The van der Waals surface area contributed by atoms with Gasteiger partial charge in [-0.15, -0.1) is 0 Å². The molecule has 374 valence electrons. The van der Waals surface area contributed by atoms with E-state index in [1.165, 1.54) is 122 Å². The van der Waals surface area contributed by atoms with Gasteiger partial charge in [0.05, 0.1) is 25.2 Å². The minimum atomic E-state index is -0.818. The van der Waals surface area contributed by atoms with Gasteiger partial charge in [-0.2, -0.15) is 0 Å². The van der Waals surface area contributed by atoms with Gasteiger partial charge in [0.25, 0.3) is 0 Å². The lowest BCUT2D eigenvalue weighted by molar-refractivity contribution is -0.150. The van der Waals surface area contributed by atoms with Crippen molar-refractivity contribution in [1.29, 1.82) is 0 Å². The second kappa shape index (κ2) is 52.0. The van der Waals surface area contributed by atoms with Gasteiger partial charge < -0.3 is 20.3 Å². The van der Waals surface area contributed by atoms with E-state index in [-0.39, 0.29) is 24.9 Å². The van der Waals surface area contributed by atoms with Gasteiger partial charge in [-0.25, -0.2) is 0 Å². The number of hydrogen-bond donors (Lipinski definition) is 3. The Balaban J connectivity index is 4.74. The number of ether oxygens (including phenoxy) is 1. The molecule has 0 radical (unpaired) electrons. The number of amides is 1. The van der Waals surface area contributed by atoms with Crippen LogP contribution in [0.3, 0.4) is 0 Å². The first-order valence-electron chi connectivity index (χ1n) is 27.3.